The quantitative estimate of drug-likeness (QED) is 0.733. The monoisotopic (exact) mass is 392 g/mol. The van der Waals surface area contributed by atoms with Gasteiger partial charge in [-0.15, -0.1) is 0 Å². The Morgan fingerprint density at radius 2 is 1.81 bits per heavy atom. The second-order valence-corrected chi connectivity index (χ2v) is 7.09. The molecule has 0 heterocycles. The van der Waals surface area contributed by atoms with Gasteiger partial charge in [0.15, 0.2) is 6.61 Å². The number of anilines is 1. The van der Waals surface area contributed by atoms with Gasteiger partial charge in [-0.1, -0.05) is 18.5 Å². The van der Waals surface area contributed by atoms with E-state index in [4.69, 9.17) is 16.3 Å². The third kappa shape index (κ3) is 6.25. The van der Waals surface area contributed by atoms with Crippen molar-refractivity contribution in [2.75, 3.05) is 11.9 Å². The van der Waals surface area contributed by atoms with Gasteiger partial charge in [-0.05, 0) is 56.7 Å². The standard InChI is InChI=1S/C20H22ClFN2O3/c1-4-20(2,3)24-19(26)13-5-7-14(8-6-13)23-18(25)12-27-15-9-10-17(22)16(21)11-15/h5-11H,4,12H2,1-3H3,(H,23,25)(H,24,26). The molecule has 2 amide bonds. The maximum atomic E-state index is 13.1. The van der Waals surface area contributed by atoms with Crippen molar-refractivity contribution in [1.29, 1.82) is 0 Å². The van der Waals surface area contributed by atoms with E-state index in [2.05, 4.69) is 10.6 Å². The minimum Gasteiger partial charge on any atom is -0.484 e. The summed E-state index contributed by atoms with van der Waals surface area (Å²) in [7, 11) is 0. The van der Waals surface area contributed by atoms with Gasteiger partial charge in [0, 0.05) is 22.9 Å². The molecule has 2 aromatic carbocycles. The Morgan fingerprint density at radius 3 is 2.41 bits per heavy atom. The molecule has 0 spiro atoms. The van der Waals surface area contributed by atoms with Crippen molar-refractivity contribution in [3.8, 4) is 5.75 Å². The van der Waals surface area contributed by atoms with Crippen LogP contribution in [0, 0.1) is 5.82 Å². The molecule has 0 atom stereocenters. The highest BCUT2D eigenvalue weighted by molar-refractivity contribution is 6.30. The molecule has 2 aromatic rings. The van der Waals surface area contributed by atoms with E-state index in [1.54, 1.807) is 24.3 Å². The van der Waals surface area contributed by atoms with E-state index in [-0.39, 0.29) is 29.0 Å². The first-order valence-corrected chi connectivity index (χ1v) is 8.88. The molecular weight excluding hydrogens is 371 g/mol. The Balaban J connectivity index is 1.89. The van der Waals surface area contributed by atoms with Crippen molar-refractivity contribution in [1.82, 2.24) is 5.32 Å². The van der Waals surface area contributed by atoms with E-state index in [1.165, 1.54) is 18.2 Å². The summed E-state index contributed by atoms with van der Waals surface area (Å²) in [5, 5.41) is 5.53. The van der Waals surface area contributed by atoms with Crippen molar-refractivity contribution in [3.63, 3.8) is 0 Å². The smallest absolute Gasteiger partial charge is 0.262 e. The second-order valence-electron chi connectivity index (χ2n) is 6.68. The van der Waals surface area contributed by atoms with Crippen LogP contribution in [0.2, 0.25) is 5.02 Å². The zero-order chi connectivity index (χ0) is 20.0. The van der Waals surface area contributed by atoms with E-state index < -0.39 is 5.82 Å². The zero-order valence-electron chi connectivity index (χ0n) is 15.4. The van der Waals surface area contributed by atoms with Crippen LogP contribution in [-0.4, -0.2) is 24.0 Å². The summed E-state index contributed by atoms with van der Waals surface area (Å²) in [5.41, 5.74) is 0.753. The van der Waals surface area contributed by atoms with Gasteiger partial charge in [-0.3, -0.25) is 9.59 Å². The number of halogens is 2. The highest BCUT2D eigenvalue weighted by atomic mass is 35.5. The summed E-state index contributed by atoms with van der Waals surface area (Å²) in [5.74, 6) is -0.821. The highest BCUT2D eigenvalue weighted by Gasteiger charge is 2.18. The molecular formula is C20H22ClFN2O3. The van der Waals surface area contributed by atoms with E-state index in [0.29, 0.717) is 17.0 Å². The fraction of sp³-hybridized carbons (Fsp3) is 0.300. The SMILES string of the molecule is CCC(C)(C)NC(=O)c1ccc(NC(=O)COc2ccc(F)c(Cl)c2)cc1. The number of hydrogen-bond donors (Lipinski definition) is 2. The van der Waals surface area contributed by atoms with Crippen molar-refractivity contribution in [2.45, 2.75) is 32.7 Å². The van der Waals surface area contributed by atoms with Gasteiger partial charge in [0.25, 0.3) is 11.8 Å². The van der Waals surface area contributed by atoms with Crippen LogP contribution < -0.4 is 15.4 Å². The van der Waals surface area contributed by atoms with Crippen molar-refractivity contribution in [3.05, 3.63) is 58.9 Å². The summed E-state index contributed by atoms with van der Waals surface area (Å²) >= 11 is 5.66. The molecule has 0 aromatic heterocycles. The lowest BCUT2D eigenvalue weighted by atomic mass is 10.0. The molecule has 0 radical (unpaired) electrons. The molecule has 5 nitrogen and oxygen atoms in total. The van der Waals surface area contributed by atoms with Crippen LogP contribution in [0.1, 0.15) is 37.6 Å². The molecule has 144 valence electrons. The minimum atomic E-state index is -0.556. The lowest BCUT2D eigenvalue weighted by molar-refractivity contribution is -0.118. The van der Waals surface area contributed by atoms with Gasteiger partial charge in [-0.25, -0.2) is 4.39 Å². The van der Waals surface area contributed by atoms with Crippen molar-refractivity contribution >= 4 is 29.1 Å². The Kier molecular flexibility index (Phi) is 6.80. The predicted molar refractivity (Wildman–Crippen MR) is 104 cm³/mol. The number of benzene rings is 2. The van der Waals surface area contributed by atoms with Crippen molar-refractivity contribution in [2.24, 2.45) is 0 Å². The summed E-state index contributed by atoms with van der Waals surface area (Å²) in [4.78, 5) is 24.2. The number of carbonyl (C=O) groups excluding carboxylic acids is 2. The molecule has 0 bridgehead atoms. The van der Waals surface area contributed by atoms with Gasteiger partial charge in [0.05, 0.1) is 5.02 Å². The van der Waals surface area contributed by atoms with Crippen LogP contribution in [0.3, 0.4) is 0 Å². The highest BCUT2D eigenvalue weighted by Crippen LogP contribution is 2.21. The first kappa shape index (κ1) is 20.7. The van der Waals surface area contributed by atoms with Crippen molar-refractivity contribution < 1.29 is 18.7 Å². The fourth-order valence-corrected chi connectivity index (χ4v) is 2.26. The maximum absolute atomic E-state index is 13.1. The summed E-state index contributed by atoms with van der Waals surface area (Å²) in [6.07, 6.45) is 0.812. The maximum Gasteiger partial charge on any atom is 0.262 e. The Bertz CT molecular complexity index is 822. The molecule has 0 fully saturated rings. The summed E-state index contributed by atoms with van der Waals surface area (Å²) in [6.45, 7) is 5.65. The Hall–Kier alpha value is -2.60. The first-order valence-electron chi connectivity index (χ1n) is 8.50. The topological polar surface area (TPSA) is 67.4 Å². The minimum absolute atomic E-state index is 0.0759. The van der Waals surface area contributed by atoms with Gasteiger partial charge in [0.2, 0.25) is 0 Å². The third-order valence-electron chi connectivity index (χ3n) is 4.03. The molecule has 27 heavy (non-hydrogen) atoms. The Morgan fingerprint density at radius 1 is 1.15 bits per heavy atom. The molecule has 2 rings (SSSR count). The number of hydrogen-bond acceptors (Lipinski definition) is 3. The third-order valence-corrected chi connectivity index (χ3v) is 4.32. The van der Waals surface area contributed by atoms with Crippen LogP contribution in [0.4, 0.5) is 10.1 Å². The zero-order valence-corrected chi connectivity index (χ0v) is 16.2. The second kappa shape index (κ2) is 8.86. The number of amides is 2. The molecule has 0 aliphatic carbocycles. The largest absolute Gasteiger partial charge is 0.484 e. The van der Waals surface area contributed by atoms with Gasteiger partial charge in [-0.2, -0.15) is 0 Å². The molecule has 2 N–H and O–H groups in total. The van der Waals surface area contributed by atoms with E-state index in [0.717, 1.165) is 6.42 Å². The van der Waals surface area contributed by atoms with E-state index in [9.17, 15) is 14.0 Å². The summed E-state index contributed by atoms with van der Waals surface area (Å²) < 4.78 is 18.4. The number of rotatable bonds is 7. The Labute approximate surface area is 162 Å². The lowest BCUT2D eigenvalue weighted by Gasteiger charge is -2.24. The molecule has 0 saturated carbocycles. The predicted octanol–water partition coefficient (Wildman–Crippen LogP) is 4.42. The molecule has 7 heteroatoms. The summed E-state index contributed by atoms with van der Waals surface area (Å²) in [6, 6.07) is 10.4. The first-order chi connectivity index (χ1) is 12.7. The molecule has 0 aliphatic rings. The van der Waals surface area contributed by atoms with Crippen LogP contribution in [-0.2, 0) is 4.79 Å². The van der Waals surface area contributed by atoms with Crippen LogP contribution >= 0.6 is 11.6 Å². The average Bonchev–Trinajstić information content (AvgIpc) is 2.63. The van der Waals surface area contributed by atoms with Crippen LogP contribution in [0.25, 0.3) is 0 Å². The number of ether oxygens (including phenoxy) is 1. The van der Waals surface area contributed by atoms with Crippen LogP contribution in [0.15, 0.2) is 42.5 Å². The molecule has 0 unspecified atom stereocenters. The van der Waals surface area contributed by atoms with Gasteiger partial charge in [0.1, 0.15) is 11.6 Å². The molecule has 0 saturated heterocycles. The number of nitrogens with one attached hydrogen (secondary N) is 2. The van der Waals surface area contributed by atoms with E-state index >= 15 is 0 Å². The lowest BCUT2D eigenvalue weighted by Crippen LogP contribution is -2.42. The van der Waals surface area contributed by atoms with E-state index in [1.807, 2.05) is 20.8 Å². The number of carbonyl (C=O) groups is 2. The van der Waals surface area contributed by atoms with Gasteiger partial charge < -0.3 is 15.4 Å². The van der Waals surface area contributed by atoms with Crippen LogP contribution in [0.5, 0.6) is 5.75 Å². The normalized spacial score (nSPS) is 11.0. The fourth-order valence-electron chi connectivity index (χ4n) is 2.09. The molecule has 0 aliphatic heterocycles. The van der Waals surface area contributed by atoms with Gasteiger partial charge >= 0.3 is 0 Å². The average molecular weight is 393 g/mol.